The zero-order valence-corrected chi connectivity index (χ0v) is 14.6. The third-order valence-electron chi connectivity index (χ3n) is 3.35. The molecule has 0 spiro atoms. The van der Waals surface area contributed by atoms with Crippen LogP contribution in [0.25, 0.3) is 6.08 Å². The van der Waals surface area contributed by atoms with Crippen LogP contribution in [0.15, 0.2) is 48.5 Å². The van der Waals surface area contributed by atoms with Crippen LogP contribution in [-0.2, 0) is 16.1 Å². The smallest absolute Gasteiger partial charge is 0.493 e. The Morgan fingerprint density at radius 2 is 1.74 bits per heavy atom. The van der Waals surface area contributed by atoms with E-state index in [1.165, 1.54) is 44.6 Å². The largest absolute Gasteiger partial charge is 0.573 e. The van der Waals surface area contributed by atoms with Gasteiger partial charge in [0.25, 0.3) is 0 Å². The van der Waals surface area contributed by atoms with E-state index in [1.807, 2.05) is 0 Å². The van der Waals surface area contributed by atoms with Crippen LogP contribution in [-0.4, -0.2) is 26.6 Å². The number of hydrogen-bond acceptors (Lipinski definition) is 5. The number of esters is 1. The highest BCUT2D eigenvalue weighted by Crippen LogP contribution is 2.30. The van der Waals surface area contributed by atoms with Crippen molar-refractivity contribution in [3.8, 4) is 17.2 Å². The van der Waals surface area contributed by atoms with Crippen molar-refractivity contribution in [2.45, 2.75) is 13.0 Å². The Hall–Kier alpha value is -3.16. The number of alkyl halides is 3. The molecule has 0 heterocycles. The van der Waals surface area contributed by atoms with Gasteiger partial charge in [-0.05, 0) is 41.5 Å². The molecule has 0 aliphatic carbocycles. The molecule has 0 amide bonds. The molecule has 144 valence electrons. The standard InChI is InChI=1S/C19H17F3O5/c1-24-17-11-13(6-10-18(23)25-2)5-9-16(17)26-12-14-3-7-15(8-4-14)27-19(20,21)22/h3-11H,12H2,1-2H3. The van der Waals surface area contributed by atoms with Gasteiger partial charge in [0.15, 0.2) is 11.5 Å². The summed E-state index contributed by atoms with van der Waals surface area (Å²) >= 11 is 0. The third-order valence-corrected chi connectivity index (χ3v) is 3.35. The van der Waals surface area contributed by atoms with Gasteiger partial charge >= 0.3 is 12.3 Å². The van der Waals surface area contributed by atoms with E-state index in [4.69, 9.17) is 9.47 Å². The highest BCUT2D eigenvalue weighted by atomic mass is 19.4. The molecule has 0 fully saturated rings. The number of ether oxygens (including phenoxy) is 4. The quantitative estimate of drug-likeness (QED) is 0.526. The molecule has 2 rings (SSSR count). The Labute approximate surface area is 153 Å². The molecule has 0 bridgehead atoms. The summed E-state index contributed by atoms with van der Waals surface area (Å²) in [6.45, 7) is 0.125. The van der Waals surface area contributed by atoms with E-state index in [2.05, 4.69) is 9.47 Å². The molecular weight excluding hydrogens is 365 g/mol. The van der Waals surface area contributed by atoms with E-state index in [0.717, 1.165) is 0 Å². The lowest BCUT2D eigenvalue weighted by atomic mass is 10.2. The summed E-state index contributed by atoms with van der Waals surface area (Å²) in [5, 5.41) is 0. The van der Waals surface area contributed by atoms with Gasteiger partial charge in [-0.1, -0.05) is 18.2 Å². The van der Waals surface area contributed by atoms with E-state index in [0.29, 0.717) is 22.6 Å². The van der Waals surface area contributed by atoms with Crippen LogP contribution in [0.2, 0.25) is 0 Å². The van der Waals surface area contributed by atoms with Crippen LogP contribution < -0.4 is 14.2 Å². The summed E-state index contributed by atoms with van der Waals surface area (Å²) in [5.74, 6) is 0.111. The van der Waals surface area contributed by atoms with Gasteiger partial charge in [0, 0.05) is 6.08 Å². The molecule has 8 heteroatoms. The number of methoxy groups -OCH3 is 2. The molecular formula is C19H17F3O5. The second kappa shape index (κ2) is 8.98. The molecule has 5 nitrogen and oxygen atoms in total. The number of halogens is 3. The molecule has 0 N–H and O–H groups in total. The highest BCUT2D eigenvalue weighted by Gasteiger charge is 2.30. The van der Waals surface area contributed by atoms with Crippen molar-refractivity contribution in [3.05, 3.63) is 59.7 Å². The molecule has 27 heavy (non-hydrogen) atoms. The Bertz CT molecular complexity index is 798. The normalized spacial score (nSPS) is 11.3. The fourth-order valence-corrected chi connectivity index (χ4v) is 2.09. The summed E-state index contributed by atoms with van der Waals surface area (Å²) in [6.07, 6.45) is -1.88. The molecule has 0 saturated carbocycles. The predicted molar refractivity (Wildman–Crippen MR) is 91.5 cm³/mol. The molecule has 0 atom stereocenters. The lowest BCUT2D eigenvalue weighted by molar-refractivity contribution is -0.274. The molecule has 2 aromatic carbocycles. The van der Waals surface area contributed by atoms with Crippen LogP contribution in [0.5, 0.6) is 17.2 Å². The van der Waals surface area contributed by atoms with Crippen molar-refractivity contribution in [2.24, 2.45) is 0 Å². The molecule has 0 saturated heterocycles. The summed E-state index contributed by atoms with van der Waals surface area (Å²) in [7, 11) is 2.76. The third kappa shape index (κ3) is 6.58. The summed E-state index contributed by atoms with van der Waals surface area (Å²) in [4.78, 5) is 11.1. The molecule has 0 aliphatic rings. The first-order valence-electron chi connectivity index (χ1n) is 7.72. The second-order valence-electron chi connectivity index (χ2n) is 5.25. The van der Waals surface area contributed by atoms with Gasteiger partial charge in [-0.15, -0.1) is 13.2 Å². The van der Waals surface area contributed by atoms with Crippen LogP contribution in [0, 0.1) is 0 Å². The lowest BCUT2D eigenvalue weighted by Gasteiger charge is -2.12. The first kappa shape index (κ1) is 20.2. The minimum atomic E-state index is -4.73. The second-order valence-corrected chi connectivity index (χ2v) is 5.25. The number of carbonyl (C=O) groups excluding carboxylic acids is 1. The molecule has 0 aliphatic heterocycles. The fourth-order valence-electron chi connectivity index (χ4n) is 2.09. The minimum Gasteiger partial charge on any atom is -0.493 e. The van der Waals surface area contributed by atoms with Gasteiger partial charge in [-0.2, -0.15) is 0 Å². The Morgan fingerprint density at radius 3 is 2.33 bits per heavy atom. The Morgan fingerprint density at radius 1 is 1.04 bits per heavy atom. The van der Waals surface area contributed by atoms with Crippen molar-refractivity contribution in [1.29, 1.82) is 0 Å². The topological polar surface area (TPSA) is 54.0 Å². The van der Waals surface area contributed by atoms with E-state index < -0.39 is 12.3 Å². The number of rotatable bonds is 7. The van der Waals surface area contributed by atoms with Gasteiger partial charge < -0.3 is 18.9 Å². The zero-order valence-electron chi connectivity index (χ0n) is 14.6. The van der Waals surface area contributed by atoms with Crippen molar-refractivity contribution < 1.29 is 36.9 Å². The van der Waals surface area contributed by atoms with E-state index in [9.17, 15) is 18.0 Å². The average Bonchev–Trinajstić information content (AvgIpc) is 2.64. The van der Waals surface area contributed by atoms with E-state index >= 15 is 0 Å². The number of carbonyl (C=O) groups is 1. The highest BCUT2D eigenvalue weighted by molar-refractivity contribution is 5.87. The average molecular weight is 382 g/mol. The van der Waals surface area contributed by atoms with Crippen LogP contribution in [0.3, 0.4) is 0 Å². The summed E-state index contributed by atoms with van der Waals surface area (Å²) in [6, 6.07) is 10.4. The SMILES string of the molecule is COC(=O)C=Cc1ccc(OCc2ccc(OC(F)(F)F)cc2)c(OC)c1. The van der Waals surface area contributed by atoms with Crippen LogP contribution >= 0.6 is 0 Å². The van der Waals surface area contributed by atoms with Crippen LogP contribution in [0.4, 0.5) is 13.2 Å². The molecule has 2 aromatic rings. The first-order chi connectivity index (χ1) is 12.8. The molecule has 0 aromatic heterocycles. The van der Waals surface area contributed by atoms with Gasteiger partial charge in [0.05, 0.1) is 14.2 Å². The molecule has 0 unspecified atom stereocenters. The van der Waals surface area contributed by atoms with Crippen molar-refractivity contribution in [1.82, 2.24) is 0 Å². The maximum absolute atomic E-state index is 12.2. The van der Waals surface area contributed by atoms with E-state index in [-0.39, 0.29) is 12.4 Å². The summed E-state index contributed by atoms with van der Waals surface area (Å²) < 4.78 is 55.7. The maximum atomic E-state index is 12.2. The van der Waals surface area contributed by atoms with Crippen molar-refractivity contribution in [3.63, 3.8) is 0 Å². The van der Waals surface area contributed by atoms with Gasteiger partial charge in [0.2, 0.25) is 0 Å². The summed E-state index contributed by atoms with van der Waals surface area (Å²) in [5.41, 5.74) is 1.36. The fraction of sp³-hybridized carbons (Fsp3) is 0.211. The van der Waals surface area contributed by atoms with Crippen molar-refractivity contribution >= 4 is 12.0 Å². The van der Waals surface area contributed by atoms with Gasteiger partial charge in [-0.3, -0.25) is 0 Å². The zero-order chi connectivity index (χ0) is 19.9. The number of benzene rings is 2. The maximum Gasteiger partial charge on any atom is 0.573 e. The monoisotopic (exact) mass is 382 g/mol. The molecule has 0 radical (unpaired) electrons. The minimum absolute atomic E-state index is 0.125. The van der Waals surface area contributed by atoms with Gasteiger partial charge in [0.1, 0.15) is 12.4 Å². The lowest BCUT2D eigenvalue weighted by Crippen LogP contribution is -2.17. The van der Waals surface area contributed by atoms with Crippen molar-refractivity contribution in [2.75, 3.05) is 14.2 Å². The Balaban J connectivity index is 2.02. The predicted octanol–water partition coefficient (Wildman–Crippen LogP) is 4.36. The van der Waals surface area contributed by atoms with Crippen LogP contribution in [0.1, 0.15) is 11.1 Å². The Kier molecular flexibility index (Phi) is 6.70. The van der Waals surface area contributed by atoms with Gasteiger partial charge in [-0.25, -0.2) is 4.79 Å². The van der Waals surface area contributed by atoms with E-state index in [1.54, 1.807) is 24.3 Å². The first-order valence-corrected chi connectivity index (χ1v) is 7.72. The number of hydrogen-bond donors (Lipinski definition) is 0.